The molecule has 168 valence electrons. The van der Waals surface area contributed by atoms with Gasteiger partial charge in [-0.1, -0.05) is 61.2 Å². The Bertz CT molecular complexity index is 971. The van der Waals surface area contributed by atoms with Gasteiger partial charge in [-0.05, 0) is 22.3 Å². The van der Waals surface area contributed by atoms with Crippen molar-refractivity contribution < 1.29 is 23.9 Å². The summed E-state index contributed by atoms with van der Waals surface area (Å²) in [4.78, 5) is 40.1. The van der Waals surface area contributed by atoms with Crippen molar-refractivity contribution >= 4 is 18.0 Å². The van der Waals surface area contributed by atoms with E-state index in [2.05, 4.69) is 18.7 Å². The van der Waals surface area contributed by atoms with Gasteiger partial charge in [0.1, 0.15) is 19.3 Å². The third kappa shape index (κ3) is 4.82. The summed E-state index contributed by atoms with van der Waals surface area (Å²) in [6, 6.07) is 15.1. The van der Waals surface area contributed by atoms with Crippen molar-refractivity contribution in [2.45, 2.75) is 18.4 Å². The number of hydrogen-bond donors (Lipinski definition) is 0. The molecule has 0 aromatic heterocycles. The Morgan fingerprint density at radius 3 is 2.06 bits per heavy atom. The highest BCUT2D eigenvalue weighted by atomic mass is 16.6. The third-order valence-corrected chi connectivity index (χ3v) is 5.54. The number of likely N-dealkylation sites (N-methyl/N-ethyl adjacent to an activating group) is 2. The summed E-state index contributed by atoms with van der Waals surface area (Å²) in [5, 5.41) is 0. The molecule has 1 atom stereocenters. The number of fused-ring (bicyclic) bond motifs is 3. The monoisotopic (exact) mass is 436 g/mol. The molecule has 0 saturated heterocycles. The number of rotatable bonds is 8. The summed E-state index contributed by atoms with van der Waals surface area (Å²) in [7, 11) is 4.58. The highest BCUT2D eigenvalue weighted by Gasteiger charge is 2.34. The minimum absolute atomic E-state index is 0.0381. The Morgan fingerprint density at radius 2 is 1.53 bits per heavy atom. The molecule has 0 aliphatic heterocycles. The zero-order valence-electron chi connectivity index (χ0n) is 18.6. The summed E-state index contributed by atoms with van der Waals surface area (Å²) in [6.45, 7) is 3.66. The maximum atomic E-state index is 12.9. The first kappa shape index (κ1) is 23.1. The number of esters is 1. The number of ether oxygens (including phenoxy) is 2. The van der Waals surface area contributed by atoms with Crippen LogP contribution < -0.4 is 0 Å². The lowest BCUT2D eigenvalue weighted by Gasteiger charge is -2.28. The van der Waals surface area contributed by atoms with E-state index in [-0.39, 0.29) is 25.6 Å². The largest absolute Gasteiger partial charge is 0.461 e. The van der Waals surface area contributed by atoms with Crippen LogP contribution >= 0.6 is 0 Å². The number of amides is 2. The smallest absolute Gasteiger partial charge is 0.410 e. The van der Waals surface area contributed by atoms with Crippen LogP contribution in [0.3, 0.4) is 0 Å². The van der Waals surface area contributed by atoms with E-state index in [4.69, 9.17) is 9.47 Å². The molecule has 1 aliphatic carbocycles. The van der Waals surface area contributed by atoms with E-state index in [0.29, 0.717) is 0 Å². The zero-order chi connectivity index (χ0) is 23.3. The molecule has 1 unspecified atom stereocenters. The minimum Gasteiger partial charge on any atom is -0.461 e. The fourth-order valence-electron chi connectivity index (χ4n) is 3.88. The predicted molar refractivity (Wildman–Crippen MR) is 121 cm³/mol. The van der Waals surface area contributed by atoms with Gasteiger partial charge in [0.15, 0.2) is 0 Å². The molecule has 7 heteroatoms. The van der Waals surface area contributed by atoms with E-state index in [1.54, 1.807) is 14.1 Å². The van der Waals surface area contributed by atoms with E-state index >= 15 is 0 Å². The Hall–Kier alpha value is -3.61. The van der Waals surface area contributed by atoms with Crippen LogP contribution in [0, 0.1) is 0 Å². The van der Waals surface area contributed by atoms with E-state index in [1.807, 2.05) is 36.4 Å². The first-order chi connectivity index (χ1) is 15.3. The lowest BCUT2D eigenvalue weighted by Crippen LogP contribution is -2.48. The van der Waals surface area contributed by atoms with Crippen molar-refractivity contribution in [1.82, 2.24) is 9.80 Å². The van der Waals surface area contributed by atoms with E-state index in [0.717, 1.165) is 27.2 Å². The van der Waals surface area contributed by atoms with Crippen LogP contribution in [-0.4, -0.2) is 68.2 Å². The molecule has 0 radical (unpaired) electrons. The highest BCUT2D eigenvalue weighted by molar-refractivity contribution is 5.89. The van der Waals surface area contributed by atoms with Gasteiger partial charge in [0.2, 0.25) is 5.91 Å². The average Bonchev–Trinajstić information content (AvgIpc) is 3.12. The quantitative estimate of drug-likeness (QED) is 0.468. The molecule has 0 fully saturated rings. The van der Waals surface area contributed by atoms with E-state index in [1.165, 1.54) is 18.0 Å². The Morgan fingerprint density at radius 1 is 0.969 bits per heavy atom. The molecule has 2 amide bonds. The van der Waals surface area contributed by atoms with Crippen molar-refractivity contribution in [3.05, 3.63) is 72.3 Å². The van der Waals surface area contributed by atoms with Gasteiger partial charge in [-0.3, -0.25) is 14.5 Å². The molecule has 2 aromatic rings. The Balaban J connectivity index is 1.73. The molecule has 0 bridgehead atoms. The second kappa shape index (κ2) is 10.1. The molecule has 0 heterocycles. The van der Waals surface area contributed by atoms with Crippen LogP contribution in [0.2, 0.25) is 0 Å². The average molecular weight is 437 g/mol. The Kier molecular flexibility index (Phi) is 7.30. The van der Waals surface area contributed by atoms with E-state index in [9.17, 15) is 14.4 Å². The van der Waals surface area contributed by atoms with Crippen LogP contribution in [0.4, 0.5) is 4.79 Å². The molecule has 3 rings (SSSR count). The Labute approximate surface area is 188 Å². The van der Waals surface area contributed by atoms with Crippen molar-refractivity contribution in [3.8, 4) is 11.1 Å². The zero-order valence-corrected chi connectivity index (χ0v) is 18.6. The van der Waals surface area contributed by atoms with Crippen LogP contribution in [0.25, 0.3) is 11.1 Å². The van der Waals surface area contributed by atoms with Gasteiger partial charge in [0.05, 0.1) is 6.42 Å². The van der Waals surface area contributed by atoms with Gasteiger partial charge < -0.3 is 14.4 Å². The third-order valence-electron chi connectivity index (χ3n) is 5.54. The molecule has 32 heavy (non-hydrogen) atoms. The molecular formula is C25H28N2O5. The summed E-state index contributed by atoms with van der Waals surface area (Å²) >= 11 is 0. The summed E-state index contributed by atoms with van der Waals surface area (Å²) in [6.07, 6.45) is 0.491. The van der Waals surface area contributed by atoms with Gasteiger partial charge in [-0.25, -0.2) is 4.79 Å². The fraction of sp³-hybridized carbons (Fsp3) is 0.320. The van der Waals surface area contributed by atoms with Crippen molar-refractivity contribution in [3.63, 3.8) is 0 Å². The van der Waals surface area contributed by atoms with Crippen molar-refractivity contribution in [2.24, 2.45) is 0 Å². The second-order valence-corrected chi connectivity index (χ2v) is 7.84. The number of carbonyl (C=O) groups excluding carboxylic acids is 3. The molecule has 0 saturated carbocycles. The fourth-order valence-corrected chi connectivity index (χ4v) is 3.88. The topological polar surface area (TPSA) is 76.2 Å². The number of nitrogens with zero attached hydrogens (tertiary/aromatic N) is 2. The number of hydrogen-bond acceptors (Lipinski definition) is 5. The summed E-state index contributed by atoms with van der Waals surface area (Å²) in [5.74, 6) is -1.08. The second-order valence-electron chi connectivity index (χ2n) is 7.84. The normalized spacial score (nSPS) is 12.8. The number of benzene rings is 2. The first-order valence-corrected chi connectivity index (χ1v) is 10.4. The predicted octanol–water partition coefficient (Wildman–Crippen LogP) is 3.44. The molecular weight excluding hydrogens is 408 g/mol. The molecule has 0 N–H and O–H groups in total. The maximum Gasteiger partial charge on any atom is 0.410 e. The van der Waals surface area contributed by atoms with Gasteiger partial charge in [0, 0.05) is 27.1 Å². The van der Waals surface area contributed by atoms with Gasteiger partial charge >= 0.3 is 12.1 Å². The number of carbonyl (C=O) groups is 3. The van der Waals surface area contributed by atoms with Gasteiger partial charge in [-0.2, -0.15) is 0 Å². The summed E-state index contributed by atoms with van der Waals surface area (Å²) < 4.78 is 10.6. The highest BCUT2D eigenvalue weighted by Crippen LogP contribution is 2.44. The van der Waals surface area contributed by atoms with E-state index < -0.39 is 24.0 Å². The van der Waals surface area contributed by atoms with Gasteiger partial charge in [0.25, 0.3) is 0 Å². The van der Waals surface area contributed by atoms with Crippen molar-refractivity contribution in [1.29, 1.82) is 0 Å². The first-order valence-electron chi connectivity index (χ1n) is 10.4. The van der Waals surface area contributed by atoms with Crippen LogP contribution in [-0.2, 0) is 19.1 Å². The SMILES string of the molecule is C=CCOC(=O)CC(C(=O)N(C)C)N(C)C(=O)OCC1c2ccccc2-c2ccccc21. The van der Waals surface area contributed by atoms with Crippen LogP contribution in [0.15, 0.2) is 61.2 Å². The maximum absolute atomic E-state index is 12.9. The molecule has 7 nitrogen and oxygen atoms in total. The molecule has 1 aliphatic rings. The standard InChI is InChI=1S/C25H28N2O5/c1-5-14-31-23(28)15-22(24(29)26(2)3)27(4)25(30)32-16-21-19-12-8-6-10-17(19)18-11-7-9-13-20(18)21/h5-13,21-22H,1,14-16H2,2-4H3. The van der Waals surface area contributed by atoms with Crippen LogP contribution in [0.1, 0.15) is 23.5 Å². The van der Waals surface area contributed by atoms with Crippen molar-refractivity contribution in [2.75, 3.05) is 34.4 Å². The molecule has 0 spiro atoms. The lowest BCUT2D eigenvalue weighted by atomic mass is 9.98. The van der Waals surface area contributed by atoms with Gasteiger partial charge in [-0.15, -0.1) is 0 Å². The summed E-state index contributed by atoms with van der Waals surface area (Å²) in [5.41, 5.74) is 4.45. The molecule has 2 aromatic carbocycles. The minimum atomic E-state index is -1.03. The lowest BCUT2D eigenvalue weighted by molar-refractivity contribution is -0.147. The van der Waals surface area contributed by atoms with Crippen LogP contribution in [0.5, 0.6) is 0 Å².